The first-order chi connectivity index (χ1) is 16.3. The van der Waals surface area contributed by atoms with Crippen LogP contribution in [0.15, 0.2) is 36.4 Å². The number of amides is 1. The van der Waals surface area contributed by atoms with Gasteiger partial charge in [0.1, 0.15) is 0 Å². The third kappa shape index (κ3) is 4.27. The largest absolute Gasteiger partial charge is 0.481 e. The third-order valence-corrected chi connectivity index (χ3v) is 9.65. The number of likely N-dealkylation sites (tertiary alicyclic amines) is 1. The van der Waals surface area contributed by atoms with Gasteiger partial charge in [-0.15, -0.1) is 0 Å². The number of hydrogen-bond acceptors (Lipinski definition) is 2. The third-order valence-electron chi connectivity index (χ3n) is 8.55. The van der Waals surface area contributed by atoms with E-state index in [-0.39, 0.29) is 29.2 Å². The lowest BCUT2D eigenvalue weighted by Gasteiger charge is -2.44. The van der Waals surface area contributed by atoms with Gasteiger partial charge in [0.25, 0.3) is 0 Å². The van der Waals surface area contributed by atoms with E-state index in [1.54, 1.807) is 0 Å². The molecule has 0 spiro atoms. The zero-order valence-electron chi connectivity index (χ0n) is 19.5. The van der Waals surface area contributed by atoms with Gasteiger partial charge >= 0.3 is 5.97 Å². The van der Waals surface area contributed by atoms with Crippen LogP contribution in [-0.4, -0.2) is 34.5 Å². The molecular formula is C28H31ClINO3. The van der Waals surface area contributed by atoms with E-state index in [9.17, 15) is 14.7 Å². The monoisotopic (exact) mass is 591 g/mol. The van der Waals surface area contributed by atoms with Gasteiger partial charge < -0.3 is 10.0 Å². The van der Waals surface area contributed by atoms with Crippen molar-refractivity contribution in [2.24, 2.45) is 11.8 Å². The minimum Gasteiger partial charge on any atom is -0.481 e. The van der Waals surface area contributed by atoms with Crippen molar-refractivity contribution in [2.45, 2.75) is 69.7 Å². The summed E-state index contributed by atoms with van der Waals surface area (Å²) >= 11 is 8.71. The molecule has 4 nitrogen and oxygen atoms in total. The van der Waals surface area contributed by atoms with Crippen molar-refractivity contribution in [3.05, 3.63) is 67.2 Å². The highest BCUT2D eigenvalue weighted by Gasteiger charge is 2.53. The summed E-state index contributed by atoms with van der Waals surface area (Å²) in [5.41, 5.74) is 5.10. The van der Waals surface area contributed by atoms with Gasteiger partial charge in [-0.05, 0) is 121 Å². The second-order valence-corrected chi connectivity index (χ2v) is 12.1. The predicted molar refractivity (Wildman–Crippen MR) is 142 cm³/mol. The molecule has 2 fully saturated rings. The van der Waals surface area contributed by atoms with E-state index < -0.39 is 5.97 Å². The van der Waals surface area contributed by atoms with E-state index in [2.05, 4.69) is 64.7 Å². The van der Waals surface area contributed by atoms with Crippen LogP contribution >= 0.6 is 34.2 Å². The van der Waals surface area contributed by atoms with Crippen molar-refractivity contribution < 1.29 is 14.7 Å². The number of carbonyl (C=O) groups is 2. The molecule has 2 unspecified atom stereocenters. The topological polar surface area (TPSA) is 57.6 Å². The minimum atomic E-state index is -0.720. The summed E-state index contributed by atoms with van der Waals surface area (Å²) in [5.74, 6) is -0.805. The number of rotatable bonds is 4. The molecule has 2 atom stereocenters. The normalized spacial score (nSPS) is 28.3. The summed E-state index contributed by atoms with van der Waals surface area (Å²) < 4.78 is 1.26. The smallest absolute Gasteiger partial charge is 0.306 e. The number of benzene rings is 2. The first kappa shape index (κ1) is 24.1. The number of aliphatic carboxylic acids is 1. The Labute approximate surface area is 220 Å². The first-order valence-corrected chi connectivity index (χ1v) is 13.8. The quantitative estimate of drug-likeness (QED) is 0.433. The van der Waals surface area contributed by atoms with Gasteiger partial charge in [0.15, 0.2) is 0 Å². The number of fused-ring (bicyclic) bond motifs is 3. The van der Waals surface area contributed by atoms with E-state index in [4.69, 9.17) is 11.6 Å². The highest BCUT2D eigenvalue weighted by Crippen LogP contribution is 2.50. The zero-order chi connectivity index (χ0) is 24.0. The molecule has 180 valence electrons. The molecule has 0 bridgehead atoms. The lowest BCUT2D eigenvalue weighted by atomic mass is 9.64. The van der Waals surface area contributed by atoms with Gasteiger partial charge in [-0.2, -0.15) is 0 Å². The molecule has 0 aromatic heterocycles. The van der Waals surface area contributed by atoms with Gasteiger partial charge in [-0.3, -0.25) is 9.59 Å². The Bertz CT molecular complexity index is 1130. The van der Waals surface area contributed by atoms with Gasteiger partial charge in [-0.1, -0.05) is 29.8 Å². The van der Waals surface area contributed by atoms with Gasteiger partial charge in [0, 0.05) is 32.5 Å². The van der Waals surface area contributed by atoms with Crippen LogP contribution in [-0.2, 0) is 27.8 Å². The van der Waals surface area contributed by atoms with Crippen LogP contribution in [0.2, 0.25) is 5.02 Å². The average Bonchev–Trinajstić information content (AvgIpc) is 3.20. The highest BCUT2D eigenvalue weighted by molar-refractivity contribution is 14.1. The number of hydrogen-bond donors (Lipinski definition) is 1. The van der Waals surface area contributed by atoms with Crippen LogP contribution < -0.4 is 0 Å². The van der Waals surface area contributed by atoms with Crippen LogP contribution in [0.5, 0.6) is 0 Å². The molecule has 1 heterocycles. The van der Waals surface area contributed by atoms with Crippen LogP contribution in [0.4, 0.5) is 0 Å². The number of halogens is 2. The van der Waals surface area contributed by atoms with Gasteiger partial charge in [0.2, 0.25) is 5.91 Å². The van der Waals surface area contributed by atoms with Gasteiger partial charge in [0.05, 0.1) is 5.92 Å². The minimum absolute atomic E-state index is 0.0395. The molecular weight excluding hydrogens is 561 g/mol. The molecule has 2 aromatic rings. The molecule has 34 heavy (non-hydrogen) atoms. The van der Waals surface area contributed by atoms with Crippen LogP contribution in [0.1, 0.15) is 60.8 Å². The van der Waals surface area contributed by atoms with Crippen molar-refractivity contribution in [1.29, 1.82) is 0 Å². The molecule has 1 aliphatic heterocycles. The Hall–Kier alpha value is -1.60. The summed E-state index contributed by atoms with van der Waals surface area (Å²) in [7, 11) is 0. The van der Waals surface area contributed by atoms with E-state index >= 15 is 0 Å². The summed E-state index contributed by atoms with van der Waals surface area (Å²) in [5, 5.41) is 10.1. The number of aryl methyl sites for hydroxylation is 2. The first-order valence-electron chi connectivity index (χ1n) is 12.4. The molecule has 5 rings (SSSR count). The van der Waals surface area contributed by atoms with E-state index in [0.29, 0.717) is 25.7 Å². The number of carboxylic acids is 1. The second kappa shape index (κ2) is 9.45. The Kier molecular flexibility index (Phi) is 6.70. The molecule has 2 aliphatic carbocycles. The zero-order valence-corrected chi connectivity index (χ0v) is 22.4. The maximum atomic E-state index is 13.8. The molecule has 6 heteroatoms. The summed E-state index contributed by atoms with van der Waals surface area (Å²) in [6, 6.07) is 13.3. The van der Waals surface area contributed by atoms with E-state index in [0.717, 1.165) is 42.8 Å². The summed E-state index contributed by atoms with van der Waals surface area (Å²) in [4.78, 5) is 27.3. The Morgan fingerprint density at radius 3 is 2.53 bits per heavy atom. The van der Waals surface area contributed by atoms with Crippen molar-refractivity contribution in [3.63, 3.8) is 0 Å². The SMILES string of the molecule is Cc1cc(CC23CCN(C(=O)C4CCC(C(=O)O)CC4)C2CCc2cc(I)ccc23)ccc1Cl. The van der Waals surface area contributed by atoms with E-state index in [1.807, 2.05) is 6.07 Å². The molecule has 1 amide bonds. The maximum Gasteiger partial charge on any atom is 0.306 e. The fraction of sp³-hybridized carbons (Fsp3) is 0.500. The van der Waals surface area contributed by atoms with Crippen LogP contribution in [0.25, 0.3) is 0 Å². The van der Waals surface area contributed by atoms with Crippen molar-refractivity contribution in [3.8, 4) is 0 Å². The lowest BCUT2D eigenvalue weighted by Crippen LogP contribution is -2.50. The lowest BCUT2D eigenvalue weighted by molar-refractivity contribution is -0.146. The van der Waals surface area contributed by atoms with Crippen LogP contribution in [0.3, 0.4) is 0 Å². The van der Waals surface area contributed by atoms with E-state index in [1.165, 1.54) is 20.3 Å². The second-order valence-electron chi connectivity index (χ2n) is 10.4. The maximum absolute atomic E-state index is 13.8. The molecule has 1 N–H and O–H groups in total. The number of carboxylic acid groups (broad SMARTS) is 1. The number of carbonyl (C=O) groups excluding carboxylic acids is 1. The summed E-state index contributed by atoms with van der Waals surface area (Å²) in [6.45, 7) is 2.83. The van der Waals surface area contributed by atoms with Crippen LogP contribution in [0, 0.1) is 22.3 Å². The summed E-state index contributed by atoms with van der Waals surface area (Å²) in [6.07, 6.45) is 6.45. The molecule has 0 radical (unpaired) electrons. The molecule has 2 aromatic carbocycles. The molecule has 1 saturated heterocycles. The Morgan fingerprint density at radius 2 is 1.82 bits per heavy atom. The Morgan fingerprint density at radius 1 is 1.09 bits per heavy atom. The van der Waals surface area contributed by atoms with Gasteiger partial charge in [-0.25, -0.2) is 0 Å². The van der Waals surface area contributed by atoms with Crippen molar-refractivity contribution in [2.75, 3.05) is 6.54 Å². The molecule has 1 saturated carbocycles. The molecule has 3 aliphatic rings. The average molecular weight is 592 g/mol. The van der Waals surface area contributed by atoms with Crippen molar-refractivity contribution in [1.82, 2.24) is 4.90 Å². The fourth-order valence-electron chi connectivity index (χ4n) is 6.80. The van der Waals surface area contributed by atoms with Crippen molar-refractivity contribution >= 4 is 46.1 Å². The number of nitrogens with zero attached hydrogens (tertiary/aromatic N) is 1. The fourth-order valence-corrected chi connectivity index (χ4v) is 7.48. The predicted octanol–water partition coefficient (Wildman–Crippen LogP) is 6.17. The Balaban J connectivity index is 1.46. The standard InChI is InChI=1S/C28H31ClINO3/c1-17-14-18(2-10-24(17)29)16-28-12-13-31(26(32)19-3-5-20(6-4-19)27(33)34)25(28)11-7-21-15-22(30)8-9-23(21)28/h2,8-10,14-15,19-20,25H,3-7,11-13,16H2,1H3,(H,33,34). The highest BCUT2D eigenvalue weighted by atomic mass is 127.